The molecule has 2 heterocycles. The number of nitrogens with zero attached hydrogens (tertiary/aromatic N) is 3. The summed E-state index contributed by atoms with van der Waals surface area (Å²) in [6.07, 6.45) is 0.260. The zero-order valence-electron chi connectivity index (χ0n) is 15.6. The van der Waals surface area contributed by atoms with Crippen LogP contribution < -0.4 is 9.80 Å². The van der Waals surface area contributed by atoms with Crippen LogP contribution in [0.25, 0.3) is 0 Å². The largest absolute Gasteiger partial charge is 0.369 e. The molecule has 0 saturated carbocycles. The molecule has 27 heavy (non-hydrogen) atoms. The highest BCUT2D eigenvalue weighted by Crippen LogP contribution is 2.31. The summed E-state index contributed by atoms with van der Waals surface area (Å²) < 4.78 is 27.7. The van der Waals surface area contributed by atoms with E-state index in [1.807, 2.05) is 6.07 Å². The SMILES string of the molecule is Cc1cccc(N2CCN(S(=O)(=O)c3ccc4c(c3)CC(=O)N4C)CC2)c1. The van der Waals surface area contributed by atoms with E-state index in [2.05, 4.69) is 30.0 Å². The Labute approximate surface area is 160 Å². The molecule has 0 aromatic heterocycles. The van der Waals surface area contributed by atoms with Gasteiger partial charge in [-0.2, -0.15) is 4.31 Å². The number of benzene rings is 2. The van der Waals surface area contributed by atoms with Crippen LogP contribution in [0.1, 0.15) is 11.1 Å². The van der Waals surface area contributed by atoms with Gasteiger partial charge >= 0.3 is 0 Å². The maximum absolute atomic E-state index is 13.1. The van der Waals surface area contributed by atoms with Gasteiger partial charge in [-0.25, -0.2) is 8.42 Å². The second-order valence-corrected chi connectivity index (χ2v) is 9.09. The third-order valence-electron chi connectivity index (χ3n) is 5.37. The molecule has 2 aliphatic heterocycles. The number of piperazine rings is 1. The minimum Gasteiger partial charge on any atom is -0.369 e. The van der Waals surface area contributed by atoms with Crippen LogP contribution in [-0.4, -0.2) is 51.9 Å². The first kappa shape index (κ1) is 18.0. The number of sulfonamides is 1. The van der Waals surface area contributed by atoms with Crippen molar-refractivity contribution in [2.45, 2.75) is 18.2 Å². The molecule has 7 heteroatoms. The Bertz CT molecular complexity index is 995. The first-order valence-electron chi connectivity index (χ1n) is 9.07. The first-order chi connectivity index (χ1) is 12.9. The molecule has 2 aromatic rings. The Morgan fingerprint density at radius 1 is 0.963 bits per heavy atom. The number of hydrogen-bond donors (Lipinski definition) is 0. The number of anilines is 2. The van der Waals surface area contributed by atoms with Gasteiger partial charge in [0.2, 0.25) is 15.9 Å². The summed E-state index contributed by atoms with van der Waals surface area (Å²) in [5.41, 5.74) is 3.90. The number of carbonyl (C=O) groups is 1. The highest BCUT2D eigenvalue weighted by Gasteiger charge is 2.31. The quantitative estimate of drug-likeness (QED) is 0.811. The Balaban J connectivity index is 1.51. The molecule has 0 radical (unpaired) electrons. The van der Waals surface area contributed by atoms with Crippen molar-refractivity contribution < 1.29 is 13.2 Å². The van der Waals surface area contributed by atoms with E-state index in [-0.39, 0.29) is 17.2 Å². The first-order valence-corrected chi connectivity index (χ1v) is 10.5. The molecule has 0 aliphatic carbocycles. The Kier molecular flexibility index (Phi) is 4.44. The van der Waals surface area contributed by atoms with Crippen molar-refractivity contribution in [2.24, 2.45) is 0 Å². The fraction of sp³-hybridized carbons (Fsp3) is 0.350. The van der Waals surface area contributed by atoms with Gasteiger partial charge in [0.05, 0.1) is 11.3 Å². The van der Waals surface area contributed by atoms with Gasteiger partial charge in [-0.15, -0.1) is 0 Å². The Morgan fingerprint density at radius 2 is 1.70 bits per heavy atom. The average molecular weight is 385 g/mol. The maximum Gasteiger partial charge on any atom is 0.243 e. The Morgan fingerprint density at radius 3 is 2.41 bits per heavy atom. The van der Waals surface area contributed by atoms with Crippen molar-refractivity contribution >= 4 is 27.3 Å². The van der Waals surface area contributed by atoms with Gasteiger partial charge in [0.1, 0.15) is 0 Å². The molecule has 142 valence electrons. The monoisotopic (exact) mass is 385 g/mol. The van der Waals surface area contributed by atoms with Crippen LogP contribution in [-0.2, 0) is 21.2 Å². The normalized spacial score (nSPS) is 18.1. The summed E-state index contributed by atoms with van der Waals surface area (Å²) in [6, 6.07) is 13.3. The molecule has 4 rings (SSSR count). The van der Waals surface area contributed by atoms with Crippen molar-refractivity contribution in [2.75, 3.05) is 43.0 Å². The molecule has 1 fully saturated rings. The number of likely N-dealkylation sites (N-methyl/N-ethyl adjacent to an activating group) is 1. The molecule has 0 N–H and O–H groups in total. The summed E-state index contributed by atoms with van der Waals surface area (Å²) in [4.78, 5) is 15.9. The van der Waals surface area contributed by atoms with Gasteiger partial charge < -0.3 is 9.80 Å². The maximum atomic E-state index is 13.1. The summed E-state index contributed by atoms with van der Waals surface area (Å²) in [7, 11) is -1.84. The van der Waals surface area contributed by atoms with Crippen LogP contribution in [0.3, 0.4) is 0 Å². The van der Waals surface area contributed by atoms with Gasteiger partial charge in [-0.1, -0.05) is 12.1 Å². The van der Waals surface area contributed by atoms with Crippen molar-refractivity contribution in [1.82, 2.24) is 4.31 Å². The smallest absolute Gasteiger partial charge is 0.243 e. The summed E-state index contributed by atoms with van der Waals surface area (Å²) in [6.45, 7) is 4.28. The highest BCUT2D eigenvalue weighted by molar-refractivity contribution is 7.89. The zero-order chi connectivity index (χ0) is 19.2. The molecule has 0 atom stereocenters. The van der Waals surface area contributed by atoms with E-state index in [0.717, 1.165) is 16.9 Å². The molecular formula is C20H23N3O3S. The third kappa shape index (κ3) is 3.21. The zero-order valence-corrected chi connectivity index (χ0v) is 16.4. The molecule has 0 spiro atoms. The standard InChI is InChI=1S/C20H23N3O3S/c1-15-4-3-5-17(12-15)22-8-10-23(11-9-22)27(25,26)18-6-7-19-16(13-18)14-20(24)21(19)2/h3-7,12-13H,8-11,14H2,1-2H3. The van der Waals surface area contributed by atoms with Gasteiger partial charge in [-0.05, 0) is 48.4 Å². The van der Waals surface area contributed by atoms with Crippen LogP contribution in [0.2, 0.25) is 0 Å². The minimum atomic E-state index is -3.56. The number of hydrogen-bond acceptors (Lipinski definition) is 4. The molecule has 1 saturated heterocycles. The molecule has 2 aromatic carbocycles. The van der Waals surface area contributed by atoms with E-state index in [4.69, 9.17) is 0 Å². The van der Waals surface area contributed by atoms with Crippen LogP contribution >= 0.6 is 0 Å². The minimum absolute atomic E-state index is 0.00804. The lowest BCUT2D eigenvalue weighted by Crippen LogP contribution is -2.48. The fourth-order valence-corrected chi connectivity index (χ4v) is 5.24. The molecule has 6 nitrogen and oxygen atoms in total. The lowest BCUT2D eigenvalue weighted by molar-refractivity contribution is -0.117. The van der Waals surface area contributed by atoms with Gasteiger partial charge in [0.15, 0.2) is 0 Å². The van der Waals surface area contributed by atoms with E-state index in [9.17, 15) is 13.2 Å². The van der Waals surface area contributed by atoms with E-state index in [0.29, 0.717) is 26.2 Å². The van der Waals surface area contributed by atoms with E-state index in [1.54, 1.807) is 34.5 Å². The van der Waals surface area contributed by atoms with E-state index >= 15 is 0 Å². The second-order valence-electron chi connectivity index (χ2n) is 7.15. The number of aryl methyl sites for hydroxylation is 1. The predicted octanol–water partition coefficient (Wildman–Crippen LogP) is 2.02. The lowest BCUT2D eigenvalue weighted by Gasteiger charge is -2.35. The number of amides is 1. The molecule has 0 unspecified atom stereocenters. The predicted molar refractivity (Wildman–Crippen MR) is 106 cm³/mol. The van der Waals surface area contributed by atoms with Crippen LogP contribution in [0.5, 0.6) is 0 Å². The number of rotatable bonds is 3. The summed E-state index contributed by atoms with van der Waals surface area (Å²) >= 11 is 0. The topological polar surface area (TPSA) is 60.9 Å². The number of carbonyl (C=O) groups excluding carboxylic acids is 1. The van der Waals surface area contributed by atoms with Crippen LogP contribution in [0.15, 0.2) is 47.4 Å². The summed E-state index contributed by atoms with van der Waals surface area (Å²) in [5, 5.41) is 0. The second kappa shape index (κ2) is 6.65. The van der Waals surface area contributed by atoms with Crippen molar-refractivity contribution in [3.05, 3.63) is 53.6 Å². The number of fused-ring (bicyclic) bond motifs is 1. The summed E-state index contributed by atoms with van der Waals surface area (Å²) in [5.74, 6) is -0.00804. The van der Waals surface area contributed by atoms with Crippen LogP contribution in [0.4, 0.5) is 11.4 Å². The average Bonchev–Trinajstić information content (AvgIpc) is 2.95. The van der Waals surface area contributed by atoms with Gasteiger partial charge in [0, 0.05) is 44.6 Å². The van der Waals surface area contributed by atoms with E-state index < -0.39 is 10.0 Å². The van der Waals surface area contributed by atoms with Crippen LogP contribution in [0, 0.1) is 6.92 Å². The van der Waals surface area contributed by atoms with Crippen molar-refractivity contribution in [3.63, 3.8) is 0 Å². The van der Waals surface area contributed by atoms with Gasteiger partial charge in [-0.3, -0.25) is 4.79 Å². The van der Waals surface area contributed by atoms with Gasteiger partial charge in [0.25, 0.3) is 0 Å². The van der Waals surface area contributed by atoms with E-state index in [1.165, 1.54) is 5.56 Å². The molecular weight excluding hydrogens is 362 g/mol. The lowest BCUT2D eigenvalue weighted by atomic mass is 10.2. The molecule has 0 bridgehead atoms. The van der Waals surface area contributed by atoms with Crippen molar-refractivity contribution in [1.29, 1.82) is 0 Å². The molecule has 1 amide bonds. The molecule has 2 aliphatic rings. The fourth-order valence-electron chi connectivity index (χ4n) is 3.77. The highest BCUT2D eigenvalue weighted by atomic mass is 32.2. The Hall–Kier alpha value is -2.38. The third-order valence-corrected chi connectivity index (χ3v) is 7.27. The van der Waals surface area contributed by atoms with Crippen molar-refractivity contribution in [3.8, 4) is 0 Å².